The molecule has 0 spiro atoms. The molecule has 0 fully saturated rings. The molecule has 0 saturated carbocycles. The minimum atomic E-state index is -1.04. The van der Waals surface area contributed by atoms with E-state index in [0.717, 1.165) is 5.57 Å². The van der Waals surface area contributed by atoms with E-state index < -0.39 is 12.0 Å². The van der Waals surface area contributed by atoms with E-state index in [2.05, 4.69) is 11.9 Å². The maximum Gasteiger partial charge on any atom is 0.127 e. The molecule has 22 heavy (non-hydrogen) atoms. The summed E-state index contributed by atoms with van der Waals surface area (Å²) in [5.41, 5.74) is 2.28. The number of rotatable bonds is 8. The summed E-state index contributed by atoms with van der Waals surface area (Å²) < 4.78 is 27.6. The van der Waals surface area contributed by atoms with E-state index in [-0.39, 0.29) is 12.0 Å². The van der Waals surface area contributed by atoms with Crippen molar-refractivity contribution in [1.29, 1.82) is 0 Å². The third kappa shape index (κ3) is 6.25. The molecule has 0 saturated heterocycles. The molecule has 3 heteroatoms. The van der Waals surface area contributed by atoms with Crippen LogP contribution in [0.25, 0.3) is 0 Å². The van der Waals surface area contributed by atoms with Gasteiger partial charge in [0.05, 0.1) is 5.70 Å². The molecular weight excluding hydrogens is 280 g/mol. The Kier molecular flexibility index (Phi) is 9.84. The van der Waals surface area contributed by atoms with Gasteiger partial charge in [0.2, 0.25) is 0 Å². The zero-order chi connectivity index (χ0) is 17.1. The van der Waals surface area contributed by atoms with Crippen molar-refractivity contribution in [3.8, 4) is 0 Å². The largest absolute Gasteiger partial charge is 0.361 e. The Morgan fingerprint density at radius 3 is 2.18 bits per heavy atom. The number of alkyl halides is 1. The highest BCUT2D eigenvalue weighted by molar-refractivity contribution is 5.52. The minimum Gasteiger partial charge on any atom is -0.361 e. The van der Waals surface area contributed by atoms with Crippen molar-refractivity contribution in [2.24, 2.45) is 0 Å². The van der Waals surface area contributed by atoms with Crippen molar-refractivity contribution in [3.05, 3.63) is 71.4 Å². The smallest absolute Gasteiger partial charge is 0.127 e. The number of allylic oxidation sites excluding steroid dienone is 8. The SMILES string of the molecule is C=C(/C(F)=C\C)/C(N/C=C/C)=C(/CC(C)F)C(=CC)/C=C\C. The van der Waals surface area contributed by atoms with Crippen LogP contribution >= 0.6 is 0 Å². The molecular formula is C19H27F2N. The molecule has 1 nitrogen and oxygen atoms in total. The van der Waals surface area contributed by atoms with Gasteiger partial charge in [0.15, 0.2) is 0 Å². The van der Waals surface area contributed by atoms with Gasteiger partial charge in [-0.25, -0.2) is 8.78 Å². The van der Waals surface area contributed by atoms with Gasteiger partial charge >= 0.3 is 0 Å². The summed E-state index contributed by atoms with van der Waals surface area (Å²) in [4.78, 5) is 0. The van der Waals surface area contributed by atoms with Crippen molar-refractivity contribution in [1.82, 2.24) is 5.32 Å². The van der Waals surface area contributed by atoms with Crippen LogP contribution in [0.1, 0.15) is 41.0 Å². The Labute approximate surface area is 133 Å². The quantitative estimate of drug-likeness (QED) is 0.537. The van der Waals surface area contributed by atoms with Crippen LogP contribution < -0.4 is 5.32 Å². The summed E-state index contributed by atoms with van der Waals surface area (Å²) in [6.07, 6.45) is 9.62. The molecule has 0 aliphatic carbocycles. The van der Waals surface area contributed by atoms with Gasteiger partial charge in [0.25, 0.3) is 0 Å². The fraction of sp³-hybridized carbons (Fsp3) is 0.368. The van der Waals surface area contributed by atoms with E-state index in [0.29, 0.717) is 11.3 Å². The maximum absolute atomic E-state index is 14.0. The van der Waals surface area contributed by atoms with E-state index in [1.165, 1.54) is 13.0 Å². The topological polar surface area (TPSA) is 12.0 Å². The lowest BCUT2D eigenvalue weighted by Crippen LogP contribution is -2.14. The van der Waals surface area contributed by atoms with Crippen LogP contribution in [-0.2, 0) is 0 Å². The van der Waals surface area contributed by atoms with Gasteiger partial charge < -0.3 is 5.32 Å². The first-order valence-corrected chi connectivity index (χ1v) is 7.48. The first-order valence-electron chi connectivity index (χ1n) is 7.48. The molecule has 0 aromatic carbocycles. The van der Waals surface area contributed by atoms with Gasteiger partial charge in [-0.05, 0) is 52.0 Å². The predicted octanol–water partition coefficient (Wildman–Crippen LogP) is 6.06. The molecule has 1 unspecified atom stereocenters. The Bertz CT molecular complexity index is 518. The highest BCUT2D eigenvalue weighted by Crippen LogP contribution is 2.28. The third-order valence-electron chi connectivity index (χ3n) is 3.03. The number of nitrogens with one attached hydrogen (secondary N) is 1. The van der Waals surface area contributed by atoms with Crippen LogP contribution in [-0.4, -0.2) is 6.17 Å². The Balaban J connectivity index is 6.22. The molecule has 0 aliphatic rings. The standard InChI is InChI=1S/C19H27F2N/c1-7-11-16(9-3)17(13-14(5)20)19(22-12-8-2)15(6)18(21)10-4/h7-12,14,22H,6,13H2,1-5H3/b11-7-,12-8+,16-9?,18-10+,19-17+. The molecule has 0 radical (unpaired) electrons. The maximum atomic E-state index is 14.0. The normalized spacial score (nSPS) is 16.1. The third-order valence-corrected chi connectivity index (χ3v) is 3.03. The van der Waals surface area contributed by atoms with Crippen LogP contribution in [0.2, 0.25) is 0 Å². The average molecular weight is 307 g/mol. The van der Waals surface area contributed by atoms with Crippen molar-refractivity contribution < 1.29 is 8.78 Å². The molecule has 0 bridgehead atoms. The van der Waals surface area contributed by atoms with Gasteiger partial charge in [-0.3, -0.25) is 0 Å². The van der Waals surface area contributed by atoms with Gasteiger partial charge in [-0.1, -0.05) is 37.0 Å². The van der Waals surface area contributed by atoms with E-state index in [9.17, 15) is 8.78 Å². The zero-order valence-electron chi connectivity index (χ0n) is 14.2. The molecule has 1 atom stereocenters. The molecule has 1 N–H and O–H groups in total. The van der Waals surface area contributed by atoms with Crippen molar-refractivity contribution >= 4 is 0 Å². The van der Waals surface area contributed by atoms with Crippen LogP contribution in [0.5, 0.6) is 0 Å². The van der Waals surface area contributed by atoms with E-state index >= 15 is 0 Å². The van der Waals surface area contributed by atoms with E-state index in [1.54, 1.807) is 19.2 Å². The Morgan fingerprint density at radius 2 is 1.77 bits per heavy atom. The second kappa shape index (κ2) is 10.8. The number of hydrogen-bond donors (Lipinski definition) is 1. The lowest BCUT2D eigenvalue weighted by molar-refractivity contribution is 0.360. The Hall–Kier alpha value is -1.90. The molecule has 0 heterocycles. The summed E-state index contributed by atoms with van der Waals surface area (Å²) in [7, 11) is 0. The molecule has 0 rings (SSSR count). The fourth-order valence-electron chi connectivity index (χ4n) is 2.01. The van der Waals surface area contributed by atoms with Crippen LogP contribution in [0.4, 0.5) is 8.78 Å². The number of halogens is 2. The summed E-state index contributed by atoms with van der Waals surface area (Å²) >= 11 is 0. The second-order valence-corrected chi connectivity index (χ2v) is 4.84. The lowest BCUT2D eigenvalue weighted by Gasteiger charge is -2.19. The fourth-order valence-corrected chi connectivity index (χ4v) is 2.01. The molecule has 0 aromatic heterocycles. The first kappa shape index (κ1) is 20.1. The van der Waals surface area contributed by atoms with Crippen LogP contribution in [0.3, 0.4) is 0 Å². The van der Waals surface area contributed by atoms with E-state index in [1.807, 2.05) is 39.0 Å². The monoisotopic (exact) mass is 307 g/mol. The summed E-state index contributed by atoms with van der Waals surface area (Å²) in [6, 6.07) is 0. The molecule has 0 amide bonds. The van der Waals surface area contributed by atoms with Crippen molar-refractivity contribution in [3.63, 3.8) is 0 Å². The summed E-state index contributed by atoms with van der Waals surface area (Å²) in [5, 5.41) is 3.04. The second-order valence-electron chi connectivity index (χ2n) is 4.84. The lowest BCUT2D eigenvalue weighted by atomic mass is 9.94. The summed E-state index contributed by atoms with van der Waals surface area (Å²) in [6.45, 7) is 12.5. The molecule has 0 aliphatic heterocycles. The van der Waals surface area contributed by atoms with E-state index in [4.69, 9.17) is 0 Å². The Morgan fingerprint density at radius 1 is 1.14 bits per heavy atom. The predicted molar refractivity (Wildman–Crippen MR) is 92.7 cm³/mol. The number of hydrogen-bond acceptors (Lipinski definition) is 1. The van der Waals surface area contributed by atoms with Gasteiger partial charge in [0, 0.05) is 12.0 Å². The van der Waals surface area contributed by atoms with Gasteiger partial charge in [-0.15, -0.1) is 0 Å². The highest BCUT2D eigenvalue weighted by atomic mass is 19.1. The van der Waals surface area contributed by atoms with Crippen LogP contribution in [0.15, 0.2) is 71.4 Å². The molecule has 0 aromatic rings. The minimum absolute atomic E-state index is 0.180. The van der Waals surface area contributed by atoms with Crippen molar-refractivity contribution in [2.45, 2.75) is 47.2 Å². The first-order chi connectivity index (χ1) is 10.4. The van der Waals surface area contributed by atoms with Gasteiger partial charge in [0.1, 0.15) is 12.0 Å². The van der Waals surface area contributed by atoms with Crippen LogP contribution in [0, 0.1) is 0 Å². The van der Waals surface area contributed by atoms with Gasteiger partial charge in [-0.2, -0.15) is 0 Å². The highest BCUT2D eigenvalue weighted by Gasteiger charge is 2.17. The zero-order valence-corrected chi connectivity index (χ0v) is 14.2. The molecule has 122 valence electrons. The van der Waals surface area contributed by atoms with Crippen molar-refractivity contribution in [2.75, 3.05) is 0 Å². The average Bonchev–Trinajstić information content (AvgIpc) is 2.50. The summed E-state index contributed by atoms with van der Waals surface area (Å²) in [5.74, 6) is -0.424.